The maximum absolute atomic E-state index is 5.71. The molecule has 0 radical (unpaired) electrons. The van der Waals surface area contributed by atoms with Gasteiger partial charge in [-0.15, -0.1) is 0 Å². The highest BCUT2D eigenvalue weighted by molar-refractivity contribution is 5.81. The molecule has 0 aliphatic carbocycles. The van der Waals surface area contributed by atoms with E-state index in [-0.39, 0.29) is 0 Å². The summed E-state index contributed by atoms with van der Waals surface area (Å²) in [6.07, 6.45) is 2.83. The predicted octanol–water partition coefficient (Wildman–Crippen LogP) is 3.47. The van der Waals surface area contributed by atoms with Crippen LogP contribution in [0.25, 0.3) is 22.4 Å². The number of aromatic nitrogens is 2. The van der Waals surface area contributed by atoms with Crippen LogP contribution in [0.4, 0.5) is 0 Å². The third-order valence-corrected chi connectivity index (χ3v) is 3.48. The average Bonchev–Trinajstić information content (AvgIpc) is 3.03. The summed E-state index contributed by atoms with van der Waals surface area (Å²) >= 11 is 0. The van der Waals surface area contributed by atoms with Crippen molar-refractivity contribution in [1.82, 2.24) is 9.55 Å². The lowest BCUT2D eigenvalue weighted by Gasteiger charge is -2.06. The molecule has 2 aromatic heterocycles. The van der Waals surface area contributed by atoms with E-state index in [2.05, 4.69) is 29.7 Å². The van der Waals surface area contributed by atoms with Crippen LogP contribution in [0, 0.1) is 6.92 Å². The number of benzene rings is 1. The minimum atomic E-state index is 0.538. The zero-order chi connectivity index (χ0) is 14.1. The monoisotopic (exact) mass is 269 g/mol. The van der Waals surface area contributed by atoms with E-state index in [1.807, 2.05) is 13.0 Å². The van der Waals surface area contributed by atoms with Crippen LogP contribution in [0.1, 0.15) is 24.7 Å². The molecule has 0 aliphatic heterocycles. The molecule has 104 valence electrons. The molecule has 2 N–H and O–H groups in total. The van der Waals surface area contributed by atoms with E-state index in [1.54, 1.807) is 6.26 Å². The third-order valence-electron chi connectivity index (χ3n) is 3.48. The van der Waals surface area contributed by atoms with Gasteiger partial charge in [0.25, 0.3) is 0 Å². The van der Waals surface area contributed by atoms with Gasteiger partial charge in [0.1, 0.15) is 17.8 Å². The second-order valence-corrected chi connectivity index (χ2v) is 5.06. The molecule has 4 nitrogen and oxygen atoms in total. The van der Waals surface area contributed by atoms with E-state index in [4.69, 9.17) is 15.1 Å². The quantitative estimate of drug-likeness (QED) is 0.789. The number of rotatable bonds is 4. The summed E-state index contributed by atoms with van der Waals surface area (Å²) in [4.78, 5) is 4.77. The molecule has 0 fully saturated rings. The summed E-state index contributed by atoms with van der Waals surface area (Å²) in [5, 5.41) is 0. The van der Waals surface area contributed by atoms with Gasteiger partial charge in [0.2, 0.25) is 0 Å². The van der Waals surface area contributed by atoms with E-state index in [0.717, 1.165) is 46.7 Å². The minimum Gasteiger partial charge on any atom is -0.469 e. The van der Waals surface area contributed by atoms with Crippen molar-refractivity contribution in [3.8, 4) is 11.4 Å². The fraction of sp³-hybridized carbons (Fsp3) is 0.312. The molecule has 4 heteroatoms. The Labute approximate surface area is 118 Å². The van der Waals surface area contributed by atoms with Crippen LogP contribution in [0.3, 0.4) is 0 Å². The van der Waals surface area contributed by atoms with E-state index in [9.17, 15) is 0 Å². The molecule has 20 heavy (non-hydrogen) atoms. The smallest absolute Gasteiger partial charge is 0.144 e. The first-order valence-corrected chi connectivity index (χ1v) is 6.97. The van der Waals surface area contributed by atoms with Crippen LogP contribution in [0.2, 0.25) is 0 Å². The minimum absolute atomic E-state index is 0.538. The summed E-state index contributed by atoms with van der Waals surface area (Å²) in [5.74, 6) is 1.87. The normalized spacial score (nSPS) is 11.3. The van der Waals surface area contributed by atoms with E-state index in [0.29, 0.717) is 6.54 Å². The molecule has 0 atom stereocenters. The Bertz CT molecular complexity index is 739. The van der Waals surface area contributed by atoms with Gasteiger partial charge in [0.05, 0.1) is 16.6 Å². The molecular weight excluding hydrogens is 250 g/mol. The third kappa shape index (κ3) is 2.12. The first-order chi connectivity index (χ1) is 9.72. The number of nitrogens with two attached hydrogens (primary N) is 1. The molecule has 0 amide bonds. The Kier molecular flexibility index (Phi) is 3.32. The molecule has 0 aliphatic rings. The van der Waals surface area contributed by atoms with Gasteiger partial charge in [0.15, 0.2) is 0 Å². The Balaban J connectivity index is 2.21. The van der Waals surface area contributed by atoms with Crippen molar-refractivity contribution in [3.05, 3.63) is 41.9 Å². The lowest BCUT2D eigenvalue weighted by Crippen LogP contribution is -1.99. The summed E-state index contributed by atoms with van der Waals surface area (Å²) in [5.41, 5.74) is 9.99. The van der Waals surface area contributed by atoms with Crippen LogP contribution in [-0.4, -0.2) is 9.55 Å². The first-order valence-electron chi connectivity index (χ1n) is 6.97. The zero-order valence-corrected chi connectivity index (χ0v) is 11.9. The SMILES string of the molecule is CCCn1c(-c2coc(C)c2)nc2cc(CN)ccc21. The van der Waals surface area contributed by atoms with Crippen molar-refractivity contribution in [2.24, 2.45) is 5.73 Å². The summed E-state index contributed by atoms with van der Waals surface area (Å²) in [6, 6.07) is 8.27. The number of fused-ring (bicyclic) bond motifs is 1. The second kappa shape index (κ2) is 5.13. The van der Waals surface area contributed by atoms with Crippen molar-refractivity contribution in [1.29, 1.82) is 0 Å². The van der Waals surface area contributed by atoms with Gasteiger partial charge in [-0.25, -0.2) is 4.98 Å². The van der Waals surface area contributed by atoms with Crippen LogP contribution < -0.4 is 5.73 Å². The molecule has 3 aromatic rings. The van der Waals surface area contributed by atoms with Crippen molar-refractivity contribution in [2.45, 2.75) is 33.4 Å². The Hall–Kier alpha value is -2.07. The second-order valence-electron chi connectivity index (χ2n) is 5.06. The van der Waals surface area contributed by atoms with Crippen molar-refractivity contribution in [3.63, 3.8) is 0 Å². The number of nitrogens with zero attached hydrogens (tertiary/aromatic N) is 2. The maximum Gasteiger partial charge on any atom is 0.144 e. The first kappa shape index (κ1) is 12.9. The van der Waals surface area contributed by atoms with E-state index in [1.165, 1.54) is 0 Å². The lowest BCUT2D eigenvalue weighted by molar-refractivity contribution is 0.534. The highest BCUT2D eigenvalue weighted by atomic mass is 16.3. The van der Waals surface area contributed by atoms with Crippen molar-refractivity contribution in [2.75, 3.05) is 0 Å². The number of furan rings is 1. The molecule has 0 spiro atoms. The van der Waals surface area contributed by atoms with Crippen LogP contribution >= 0.6 is 0 Å². The lowest BCUT2D eigenvalue weighted by atomic mass is 10.2. The van der Waals surface area contributed by atoms with E-state index >= 15 is 0 Å². The number of hydrogen-bond acceptors (Lipinski definition) is 3. The van der Waals surface area contributed by atoms with Gasteiger partial charge in [-0.2, -0.15) is 0 Å². The highest BCUT2D eigenvalue weighted by Crippen LogP contribution is 2.27. The molecule has 0 unspecified atom stereocenters. The van der Waals surface area contributed by atoms with Gasteiger partial charge < -0.3 is 14.7 Å². The fourth-order valence-electron chi connectivity index (χ4n) is 2.53. The summed E-state index contributed by atoms with van der Waals surface area (Å²) in [7, 11) is 0. The molecular formula is C16H19N3O. The standard InChI is InChI=1S/C16H19N3O/c1-3-6-19-15-5-4-12(9-17)8-14(15)18-16(19)13-7-11(2)20-10-13/h4-5,7-8,10H,3,6,9,17H2,1-2H3. The van der Waals surface area contributed by atoms with Crippen LogP contribution in [0.5, 0.6) is 0 Å². The number of imidazole rings is 1. The molecule has 0 saturated heterocycles. The zero-order valence-electron chi connectivity index (χ0n) is 11.9. The average molecular weight is 269 g/mol. The molecule has 2 heterocycles. The van der Waals surface area contributed by atoms with Gasteiger partial charge >= 0.3 is 0 Å². The molecule has 3 rings (SSSR count). The van der Waals surface area contributed by atoms with Gasteiger partial charge in [-0.3, -0.25) is 0 Å². The van der Waals surface area contributed by atoms with Gasteiger partial charge in [-0.05, 0) is 37.1 Å². The highest BCUT2D eigenvalue weighted by Gasteiger charge is 2.14. The maximum atomic E-state index is 5.71. The van der Waals surface area contributed by atoms with Crippen LogP contribution in [-0.2, 0) is 13.1 Å². The Morgan fingerprint density at radius 3 is 2.80 bits per heavy atom. The van der Waals surface area contributed by atoms with Crippen molar-refractivity contribution < 1.29 is 4.42 Å². The Morgan fingerprint density at radius 1 is 1.30 bits per heavy atom. The van der Waals surface area contributed by atoms with E-state index < -0.39 is 0 Å². The topological polar surface area (TPSA) is 57.0 Å². The van der Waals surface area contributed by atoms with Crippen molar-refractivity contribution >= 4 is 11.0 Å². The van der Waals surface area contributed by atoms with Crippen LogP contribution in [0.15, 0.2) is 34.9 Å². The van der Waals surface area contributed by atoms with Gasteiger partial charge in [-0.1, -0.05) is 13.0 Å². The largest absolute Gasteiger partial charge is 0.469 e. The predicted molar refractivity (Wildman–Crippen MR) is 80.4 cm³/mol. The number of hydrogen-bond donors (Lipinski definition) is 1. The fourth-order valence-corrected chi connectivity index (χ4v) is 2.53. The number of aryl methyl sites for hydroxylation is 2. The molecule has 1 aromatic carbocycles. The van der Waals surface area contributed by atoms with Gasteiger partial charge in [0, 0.05) is 13.1 Å². The molecule has 0 saturated carbocycles. The Morgan fingerprint density at radius 2 is 2.15 bits per heavy atom. The summed E-state index contributed by atoms with van der Waals surface area (Å²) in [6.45, 7) is 5.60. The summed E-state index contributed by atoms with van der Waals surface area (Å²) < 4.78 is 7.67. The molecule has 0 bridgehead atoms.